The van der Waals surface area contributed by atoms with Gasteiger partial charge < -0.3 is 44.6 Å². The molecule has 0 amide bonds. The first kappa shape index (κ1) is 59.6. The third kappa shape index (κ3) is 28.7. The lowest BCUT2D eigenvalue weighted by molar-refractivity contribution is -0.220. The lowest BCUT2D eigenvalue weighted by Gasteiger charge is -2.41. The number of hydrogen-bond acceptors (Lipinski definition) is 13. The van der Waals surface area contributed by atoms with E-state index in [9.17, 15) is 44.6 Å². The molecule has 1 aliphatic heterocycles. The molecule has 66 heavy (non-hydrogen) atoms. The van der Waals surface area contributed by atoms with E-state index in [-0.39, 0.29) is 12.8 Å². The summed E-state index contributed by atoms with van der Waals surface area (Å²) < 4.78 is 39.3. The van der Waals surface area contributed by atoms with Crippen molar-refractivity contribution in [3.8, 4) is 0 Å². The monoisotopic (exact) mass is 955 g/mol. The molecule has 5 unspecified atom stereocenters. The number of hydrogen-bond donors (Lipinski definition) is 6. The number of carbonyl (C=O) groups excluding carboxylic acids is 2. The Morgan fingerprint density at radius 1 is 0.530 bits per heavy atom. The van der Waals surface area contributed by atoms with Crippen LogP contribution in [-0.2, 0) is 37.4 Å². The first-order valence-electron chi connectivity index (χ1n) is 25.2. The minimum atomic E-state index is -5.14. The maximum atomic E-state index is 12.8. The van der Waals surface area contributed by atoms with Crippen molar-refractivity contribution in [3.63, 3.8) is 0 Å². The largest absolute Gasteiger partial charge is 0.472 e. The molecule has 1 saturated heterocycles. The summed E-state index contributed by atoms with van der Waals surface area (Å²) in [6.45, 7) is 3.20. The summed E-state index contributed by atoms with van der Waals surface area (Å²) in [7, 11) is -5.14. The van der Waals surface area contributed by atoms with Crippen LogP contribution in [0.15, 0.2) is 60.8 Å². The molecule has 0 bridgehead atoms. The van der Waals surface area contributed by atoms with Crippen molar-refractivity contribution in [2.45, 2.75) is 236 Å². The first-order valence-corrected chi connectivity index (χ1v) is 26.7. The summed E-state index contributed by atoms with van der Waals surface area (Å²) in [4.78, 5) is 35.8. The number of aliphatic hydroxyl groups excluding tert-OH is 5. The van der Waals surface area contributed by atoms with Gasteiger partial charge in [0.15, 0.2) is 6.10 Å². The molecule has 2 fully saturated rings. The zero-order valence-corrected chi connectivity index (χ0v) is 41.1. The summed E-state index contributed by atoms with van der Waals surface area (Å²) in [5, 5.41) is 50.3. The van der Waals surface area contributed by atoms with Crippen molar-refractivity contribution in [1.29, 1.82) is 0 Å². The number of phosphoric acid groups is 1. The van der Waals surface area contributed by atoms with Gasteiger partial charge in [0.25, 0.3) is 0 Å². The van der Waals surface area contributed by atoms with E-state index in [4.69, 9.17) is 23.3 Å². The third-order valence-corrected chi connectivity index (χ3v) is 12.7. The van der Waals surface area contributed by atoms with E-state index >= 15 is 0 Å². The Bertz CT molecular complexity index is 1450. The minimum absolute atomic E-state index is 0.0751. The Morgan fingerprint density at radius 3 is 1.50 bits per heavy atom. The van der Waals surface area contributed by atoms with Crippen molar-refractivity contribution >= 4 is 19.8 Å². The second-order valence-corrected chi connectivity index (χ2v) is 19.1. The fraction of sp³-hybridized carbons (Fsp3) is 0.765. The average Bonchev–Trinajstić information content (AvgIpc) is 4.06. The Balaban J connectivity index is 1.70. The minimum Gasteiger partial charge on any atom is -0.462 e. The van der Waals surface area contributed by atoms with E-state index in [1.807, 2.05) is 12.2 Å². The van der Waals surface area contributed by atoms with Gasteiger partial charge in [0.2, 0.25) is 0 Å². The van der Waals surface area contributed by atoms with Crippen molar-refractivity contribution in [2.24, 2.45) is 0 Å². The van der Waals surface area contributed by atoms with Gasteiger partial charge in [-0.15, -0.1) is 0 Å². The molecular weight excluding hydrogens is 868 g/mol. The van der Waals surface area contributed by atoms with Gasteiger partial charge in [0.1, 0.15) is 43.2 Å². The van der Waals surface area contributed by atoms with E-state index in [1.165, 1.54) is 70.6 Å². The van der Waals surface area contributed by atoms with Gasteiger partial charge in [0, 0.05) is 12.8 Å². The molecule has 1 heterocycles. The highest BCUT2D eigenvalue weighted by atomic mass is 31.2. The van der Waals surface area contributed by atoms with E-state index in [0.717, 1.165) is 64.2 Å². The summed E-state index contributed by atoms with van der Waals surface area (Å²) >= 11 is 0. The van der Waals surface area contributed by atoms with E-state index in [2.05, 4.69) is 62.5 Å². The van der Waals surface area contributed by atoms with Crippen LogP contribution in [0, 0.1) is 0 Å². The molecule has 0 aromatic heterocycles. The van der Waals surface area contributed by atoms with Gasteiger partial charge in [0.05, 0.1) is 18.8 Å². The van der Waals surface area contributed by atoms with Crippen LogP contribution >= 0.6 is 7.82 Å². The second kappa shape index (κ2) is 37.4. The smallest absolute Gasteiger partial charge is 0.462 e. The van der Waals surface area contributed by atoms with Gasteiger partial charge >= 0.3 is 19.8 Å². The normalized spacial score (nSPS) is 24.8. The van der Waals surface area contributed by atoms with E-state index in [1.54, 1.807) is 0 Å². The maximum absolute atomic E-state index is 12.8. The Hall–Kier alpha value is -2.49. The molecule has 2 aliphatic rings. The van der Waals surface area contributed by atoms with Crippen LogP contribution in [0.1, 0.15) is 181 Å². The van der Waals surface area contributed by atoms with Gasteiger partial charge in [-0.05, 0) is 83.5 Å². The molecule has 380 valence electrons. The van der Waals surface area contributed by atoms with Crippen LogP contribution in [0.3, 0.4) is 0 Å². The van der Waals surface area contributed by atoms with Crippen molar-refractivity contribution in [1.82, 2.24) is 0 Å². The molecule has 1 saturated carbocycles. The zero-order valence-electron chi connectivity index (χ0n) is 40.2. The Morgan fingerprint density at radius 2 is 0.955 bits per heavy atom. The number of phosphoric ester groups is 1. The number of allylic oxidation sites excluding steroid dienone is 8. The highest BCUT2D eigenvalue weighted by molar-refractivity contribution is 7.47. The predicted molar refractivity (Wildman–Crippen MR) is 257 cm³/mol. The van der Waals surface area contributed by atoms with Crippen molar-refractivity contribution < 1.29 is 67.8 Å². The number of ether oxygens (including phenoxy) is 3. The number of unbranched alkanes of at least 4 members (excludes halogenated alkanes) is 16. The topological polar surface area (TPSA) is 222 Å². The number of esters is 2. The Labute approximate surface area is 396 Å². The van der Waals surface area contributed by atoms with Crippen LogP contribution < -0.4 is 0 Å². The lowest BCUT2D eigenvalue weighted by atomic mass is 9.85. The predicted octanol–water partition coefficient (Wildman–Crippen LogP) is 9.49. The molecule has 14 nitrogen and oxygen atoms in total. The molecular formula is C51H87O14P. The number of carbonyl (C=O) groups is 2. The highest BCUT2D eigenvalue weighted by Crippen LogP contribution is 2.47. The third-order valence-electron chi connectivity index (χ3n) is 11.7. The fourth-order valence-electron chi connectivity index (χ4n) is 7.53. The van der Waals surface area contributed by atoms with Crippen LogP contribution in [0.2, 0.25) is 0 Å². The molecule has 0 aromatic rings. The lowest BCUT2D eigenvalue weighted by Crippen LogP contribution is -2.64. The fourth-order valence-corrected chi connectivity index (χ4v) is 8.50. The Kier molecular flexibility index (Phi) is 33.8. The number of epoxide rings is 1. The molecule has 0 radical (unpaired) electrons. The molecule has 1 aliphatic carbocycles. The van der Waals surface area contributed by atoms with E-state index < -0.39 is 75.7 Å². The standard InChI is InChI=1S/C51H87O14P/c1-3-5-7-9-11-12-13-14-15-16-17-18-19-20-21-22-25-30-34-38-45(53)63-41(40-62-66(59,60)65-51-49(57)47(55)46(54)48(56)50(51)58)39-61-44(52)37-33-29-26-23-24-28-32-36-43-42(64-43)35-31-27-10-8-6-4-2/h11-12,14-15,23,26-28,31-32,41-43,46-51,54-58H,3-10,13,16-22,24-25,29-30,33-40H2,1-2H3,(H,59,60)/b12-11-,15-14-,26-23-,31-27-,32-28-/t41-,42?,43?,46?,47-,48+,49-,50-,51?/m1/s1. The SMILES string of the molecule is CCCCC/C=C\C/C=C\CCCCCCCCCCCC(=O)O[C@H](COC(=O)CCC/C=C\C/C=C\CC1OC1C/C=C\CCCCC)COP(=O)(O)OC1[C@H](O)[C@H](O)C(O)[C@H](O)[C@H]1O. The molecule has 10 atom stereocenters. The highest BCUT2D eigenvalue weighted by Gasteiger charge is 2.51. The van der Waals surface area contributed by atoms with Crippen LogP contribution in [0.5, 0.6) is 0 Å². The summed E-state index contributed by atoms with van der Waals surface area (Å²) in [6.07, 6.45) is 34.4. The summed E-state index contributed by atoms with van der Waals surface area (Å²) in [5.41, 5.74) is 0. The van der Waals surface area contributed by atoms with Crippen LogP contribution in [-0.4, -0.2) is 111 Å². The maximum Gasteiger partial charge on any atom is 0.472 e. The van der Waals surface area contributed by atoms with E-state index in [0.29, 0.717) is 31.5 Å². The van der Waals surface area contributed by atoms with Gasteiger partial charge in [-0.1, -0.05) is 145 Å². The van der Waals surface area contributed by atoms with Crippen LogP contribution in [0.25, 0.3) is 0 Å². The molecule has 15 heteroatoms. The van der Waals surface area contributed by atoms with Crippen molar-refractivity contribution in [2.75, 3.05) is 13.2 Å². The summed E-state index contributed by atoms with van der Waals surface area (Å²) in [5.74, 6) is -1.18. The van der Waals surface area contributed by atoms with Crippen molar-refractivity contribution in [3.05, 3.63) is 60.8 Å². The second-order valence-electron chi connectivity index (χ2n) is 17.7. The molecule has 6 N–H and O–H groups in total. The zero-order chi connectivity index (χ0) is 48.3. The average molecular weight is 955 g/mol. The quantitative estimate of drug-likeness (QED) is 0.0111. The van der Waals surface area contributed by atoms with Gasteiger partial charge in [-0.3, -0.25) is 18.6 Å². The first-order chi connectivity index (χ1) is 31.9. The van der Waals surface area contributed by atoms with Gasteiger partial charge in [-0.25, -0.2) is 4.57 Å². The number of aliphatic hydroxyl groups is 5. The van der Waals surface area contributed by atoms with Gasteiger partial charge in [-0.2, -0.15) is 0 Å². The number of rotatable bonds is 40. The van der Waals surface area contributed by atoms with Crippen LogP contribution in [0.4, 0.5) is 0 Å². The summed E-state index contributed by atoms with van der Waals surface area (Å²) in [6, 6.07) is 0. The molecule has 0 aromatic carbocycles. The molecule has 2 rings (SSSR count). The molecule has 0 spiro atoms.